The molecule has 1 amide bonds. The first kappa shape index (κ1) is 17.1. The Morgan fingerprint density at radius 1 is 1.48 bits per heavy atom. The van der Waals surface area contributed by atoms with Crippen molar-refractivity contribution in [1.29, 1.82) is 5.26 Å². The molecule has 0 aliphatic heterocycles. The zero-order chi connectivity index (χ0) is 16.0. The van der Waals surface area contributed by atoms with Gasteiger partial charge in [-0.05, 0) is 23.8 Å². The summed E-state index contributed by atoms with van der Waals surface area (Å²) in [4.78, 5) is 13.0. The van der Waals surface area contributed by atoms with Crippen LogP contribution in [0.5, 0.6) is 0 Å². The minimum atomic E-state index is -4.55. The van der Waals surface area contributed by atoms with Crippen molar-refractivity contribution in [1.82, 2.24) is 4.90 Å². The molecule has 3 nitrogen and oxygen atoms in total. The third-order valence-electron chi connectivity index (χ3n) is 2.65. The molecule has 7 heteroatoms. The molecule has 0 saturated carbocycles. The monoisotopic (exact) mass is 316 g/mol. The van der Waals surface area contributed by atoms with Gasteiger partial charge in [0, 0.05) is 19.7 Å². The fraction of sp³-hybridized carbons (Fsp3) is 0.286. The lowest BCUT2D eigenvalue weighted by Crippen LogP contribution is -2.25. The molecule has 1 rings (SSSR count). The van der Waals surface area contributed by atoms with Gasteiger partial charge < -0.3 is 4.90 Å². The first-order valence-corrected chi connectivity index (χ1v) is 6.30. The summed E-state index contributed by atoms with van der Waals surface area (Å²) in [5.41, 5.74) is -0.731. The van der Waals surface area contributed by atoms with Crippen LogP contribution < -0.4 is 0 Å². The molecule has 0 fully saturated rings. The maximum absolute atomic E-state index is 12.7. The first-order chi connectivity index (χ1) is 9.75. The fourth-order valence-corrected chi connectivity index (χ4v) is 1.71. The van der Waals surface area contributed by atoms with Crippen molar-refractivity contribution < 1.29 is 18.0 Å². The summed E-state index contributed by atoms with van der Waals surface area (Å²) in [5, 5.41) is 8.02. The maximum Gasteiger partial charge on any atom is 0.417 e. The van der Waals surface area contributed by atoms with E-state index in [0.717, 1.165) is 18.2 Å². The maximum atomic E-state index is 12.7. The highest BCUT2D eigenvalue weighted by molar-refractivity contribution is 6.31. The van der Waals surface area contributed by atoms with Crippen molar-refractivity contribution in [3.8, 4) is 6.07 Å². The van der Waals surface area contributed by atoms with Crippen molar-refractivity contribution in [3.05, 3.63) is 40.4 Å². The van der Waals surface area contributed by atoms with E-state index < -0.39 is 22.7 Å². The van der Waals surface area contributed by atoms with Gasteiger partial charge in [-0.2, -0.15) is 18.4 Å². The van der Waals surface area contributed by atoms with E-state index in [1.165, 1.54) is 24.1 Å². The molecule has 0 heterocycles. The number of halogens is 4. The van der Waals surface area contributed by atoms with Crippen molar-refractivity contribution in [3.63, 3.8) is 0 Å². The summed E-state index contributed by atoms with van der Waals surface area (Å²) in [6, 6.07) is 5.29. The Kier molecular flexibility index (Phi) is 5.79. The van der Waals surface area contributed by atoms with Crippen LogP contribution in [0.15, 0.2) is 24.3 Å². The Morgan fingerprint density at radius 2 is 2.14 bits per heavy atom. The lowest BCUT2D eigenvalue weighted by molar-refractivity contribution is -0.137. The Hall–Kier alpha value is -2.00. The molecule has 0 atom stereocenters. The lowest BCUT2D eigenvalue weighted by atomic mass is 10.1. The van der Waals surface area contributed by atoms with Gasteiger partial charge >= 0.3 is 6.18 Å². The number of likely N-dealkylation sites (N-methyl/N-ethyl adjacent to an activating group) is 1. The molecule has 0 spiro atoms. The van der Waals surface area contributed by atoms with Crippen LogP contribution in [0.2, 0.25) is 5.02 Å². The quantitative estimate of drug-likeness (QED) is 0.794. The summed E-state index contributed by atoms with van der Waals surface area (Å²) in [6.45, 7) is 0.258. The summed E-state index contributed by atoms with van der Waals surface area (Å²) in [6.07, 6.45) is -1.93. The van der Waals surface area contributed by atoms with Gasteiger partial charge in [0.2, 0.25) is 5.91 Å². The number of carbonyl (C=O) groups excluding carboxylic acids is 1. The number of nitriles is 1. The SMILES string of the molecule is CN(CCC#N)C(=O)C=Cc1ccc(Cl)c(C(F)(F)F)c1. The van der Waals surface area contributed by atoms with Crippen LogP contribution in [0.3, 0.4) is 0 Å². The normalized spacial score (nSPS) is 11.4. The Balaban J connectivity index is 2.87. The number of nitrogens with zero attached hydrogens (tertiary/aromatic N) is 2. The van der Waals surface area contributed by atoms with E-state index in [1.54, 1.807) is 0 Å². The third kappa shape index (κ3) is 5.12. The molecular weight excluding hydrogens is 305 g/mol. The highest BCUT2D eigenvalue weighted by Gasteiger charge is 2.33. The van der Waals surface area contributed by atoms with Gasteiger partial charge in [0.25, 0.3) is 0 Å². The van der Waals surface area contributed by atoms with E-state index in [2.05, 4.69) is 0 Å². The smallest absolute Gasteiger partial charge is 0.341 e. The number of alkyl halides is 3. The number of hydrogen-bond acceptors (Lipinski definition) is 2. The van der Waals surface area contributed by atoms with Crippen molar-refractivity contribution in [2.24, 2.45) is 0 Å². The minimum absolute atomic E-state index is 0.190. The van der Waals surface area contributed by atoms with E-state index in [4.69, 9.17) is 16.9 Å². The Morgan fingerprint density at radius 3 is 2.71 bits per heavy atom. The van der Waals surface area contributed by atoms with Crippen LogP contribution in [0.4, 0.5) is 13.2 Å². The zero-order valence-electron chi connectivity index (χ0n) is 11.1. The molecule has 21 heavy (non-hydrogen) atoms. The summed E-state index contributed by atoms with van der Waals surface area (Å²) in [7, 11) is 1.51. The molecule has 0 aliphatic carbocycles. The molecular formula is C14H12ClF3N2O. The van der Waals surface area contributed by atoms with E-state index >= 15 is 0 Å². The zero-order valence-corrected chi connectivity index (χ0v) is 11.9. The lowest BCUT2D eigenvalue weighted by Gasteiger charge is -2.12. The molecule has 0 bridgehead atoms. The van der Waals surface area contributed by atoms with Gasteiger partial charge in [0.15, 0.2) is 0 Å². The molecule has 0 unspecified atom stereocenters. The van der Waals surface area contributed by atoms with Gasteiger partial charge in [-0.1, -0.05) is 17.7 Å². The topological polar surface area (TPSA) is 44.1 Å². The predicted octanol–water partition coefficient (Wildman–Crippen LogP) is 3.74. The van der Waals surface area contributed by atoms with E-state index in [1.807, 2.05) is 6.07 Å². The van der Waals surface area contributed by atoms with Crippen LogP contribution in [0.1, 0.15) is 17.5 Å². The van der Waals surface area contributed by atoms with Gasteiger partial charge in [-0.15, -0.1) is 0 Å². The second-order valence-electron chi connectivity index (χ2n) is 4.24. The number of amides is 1. The number of benzene rings is 1. The molecule has 0 aliphatic rings. The molecule has 0 saturated heterocycles. The summed E-state index contributed by atoms with van der Waals surface area (Å²) < 4.78 is 38.0. The minimum Gasteiger partial charge on any atom is -0.341 e. The molecule has 1 aromatic rings. The summed E-state index contributed by atoms with van der Waals surface area (Å²) in [5.74, 6) is -0.395. The third-order valence-corrected chi connectivity index (χ3v) is 2.98. The van der Waals surface area contributed by atoms with E-state index in [9.17, 15) is 18.0 Å². The average Bonchev–Trinajstić information content (AvgIpc) is 2.42. The van der Waals surface area contributed by atoms with Gasteiger partial charge in [0.05, 0.1) is 23.1 Å². The van der Waals surface area contributed by atoms with Crippen LogP contribution >= 0.6 is 11.6 Å². The standard InChI is InChI=1S/C14H12ClF3N2O/c1-20(8-2-7-19)13(21)6-4-10-3-5-12(15)11(9-10)14(16,17)18/h3-6,9H,2,8H2,1H3. The van der Waals surface area contributed by atoms with Crippen molar-refractivity contribution >= 4 is 23.6 Å². The average molecular weight is 317 g/mol. The molecule has 1 aromatic carbocycles. The van der Waals surface area contributed by atoms with Crippen LogP contribution in [0, 0.1) is 11.3 Å². The largest absolute Gasteiger partial charge is 0.417 e. The second kappa shape index (κ2) is 7.14. The van der Waals surface area contributed by atoms with E-state index in [-0.39, 0.29) is 18.5 Å². The Labute approximate surface area is 125 Å². The van der Waals surface area contributed by atoms with Gasteiger partial charge in [-0.25, -0.2) is 0 Å². The highest BCUT2D eigenvalue weighted by atomic mass is 35.5. The van der Waals surface area contributed by atoms with Crippen molar-refractivity contribution in [2.75, 3.05) is 13.6 Å². The van der Waals surface area contributed by atoms with Crippen LogP contribution in [0.25, 0.3) is 6.08 Å². The number of hydrogen-bond donors (Lipinski definition) is 0. The molecule has 0 N–H and O–H groups in total. The van der Waals surface area contributed by atoms with Crippen molar-refractivity contribution in [2.45, 2.75) is 12.6 Å². The van der Waals surface area contributed by atoms with Gasteiger partial charge in [0.1, 0.15) is 0 Å². The number of carbonyl (C=O) groups is 1. The fourth-order valence-electron chi connectivity index (χ4n) is 1.49. The Bertz CT molecular complexity index is 591. The molecule has 0 radical (unpaired) electrons. The molecule has 112 valence electrons. The second-order valence-corrected chi connectivity index (χ2v) is 4.65. The highest BCUT2D eigenvalue weighted by Crippen LogP contribution is 2.35. The molecule has 0 aromatic heterocycles. The van der Waals surface area contributed by atoms with Crippen LogP contribution in [-0.2, 0) is 11.0 Å². The predicted molar refractivity (Wildman–Crippen MR) is 73.4 cm³/mol. The van der Waals surface area contributed by atoms with Crippen LogP contribution in [-0.4, -0.2) is 24.4 Å². The summed E-state index contributed by atoms with van der Waals surface area (Å²) >= 11 is 5.50. The first-order valence-electron chi connectivity index (χ1n) is 5.92. The van der Waals surface area contributed by atoms with E-state index in [0.29, 0.717) is 0 Å². The number of rotatable bonds is 4. The van der Waals surface area contributed by atoms with Gasteiger partial charge in [-0.3, -0.25) is 4.79 Å².